The molecular formula is C13H13Br2ClN2O. The normalized spacial score (nSPS) is 10.8. The second-order valence-corrected chi connectivity index (χ2v) is 6.00. The summed E-state index contributed by atoms with van der Waals surface area (Å²) in [6.45, 7) is 2.28. The fourth-order valence-corrected chi connectivity index (χ4v) is 2.84. The first kappa shape index (κ1) is 14.9. The molecule has 0 saturated carbocycles. The highest BCUT2D eigenvalue weighted by molar-refractivity contribution is 9.10. The number of nitrogens with zero attached hydrogens (tertiary/aromatic N) is 2. The number of hydrogen-bond donors (Lipinski definition) is 0. The average molecular weight is 409 g/mol. The van der Waals surface area contributed by atoms with Gasteiger partial charge in [-0.25, -0.2) is 0 Å². The molecule has 2 aromatic rings. The fraction of sp³-hybridized carbons (Fsp3) is 0.308. The molecule has 0 aliphatic carbocycles. The monoisotopic (exact) mass is 406 g/mol. The standard InChI is InChI=1S/C13H13Br2ClN2O/c1-8-13(16)11(18(2)17-8)7-19-12-4-3-10(15)5-9(12)6-14/h3-5H,6-7H2,1-2H3. The Morgan fingerprint density at radius 1 is 1.42 bits per heavy atom. The van der Waals surface area contributed by atoms with Crippen molar-refractivity contribution < 1.29 is 4.74 Å². The van der Waals surface area contributed by atoms with Crippen LogP contribution in [-0.4, -0.2) is 9.78 Å². The maximum absolute atomic E-state index is 6.20. The lowest BCUT2D eigenvalue weighted by atomic mass is 10.2. The minimum Gasteiger partial charge on any atom is -0.487 e. The van der Waals surface area contributed by atoms with Crippen LogP contribution in [0.5, 0.6) is 5.75 Å². The molecular weight excluding hydrogens is 395 g/mol. The highest BCUT2D eigenvalue weighted by Gasteiger charge is 2.12. The Morgan fingerprint density at radius 3 is 2.74 bits per heavy atom. The van der Waals surface area contributed by atoms with Crippen LogP contribution in [0.1, 0.15) is 17.0 Å². The van der Waals surface area contributed by atoms with E-state index < -0.39 is 0 Å². The number of aromatic nitrogens is 2. The number of alkyl halides is 1. The van der Waals surface area contributed by atoms with Gasteiger partial charge in [-0.2, -0.15) is 5.10 Å². The number of halogens is 3. The average Bonchev–Trinajstić information content (AvgIpc) is 2.62. The Bertz CT molecular complexity index is 599. The second kappa shape index (κ2) is 6.29. The van der Waals surface area contributed by atoms with Gasteiger partial charge >= 0.3 is 0 Å². The molecule has 0 spiro atoms. The van der Waals surface area contributed by atoms with E-state index >= 15 is 0 Å². The molecule has 0 amide bonds. The van der Waals surface area contributed by atoms with Crippen LogP contribution in [-0.2, 0) is 19.0 Å². The summed E-state index contributed by atoms with van der Waals surface area (Å²) in [6.07, 6.45) is 0. The molecule has 1 aromatic carbocycles. The van der Waals surface area contributed by atoms with E-state index in [4.69, 9.17) is 16.3 Å². The molecule has 0 radical (unpaired) electrons. The minimum absolute atomic E-state index is 0.401. The van der Waals surface area contributed by atoms with Gasteiger partial charge < -0.3 is 4.74 Å². The lowest BCUT2D eigenvalue weighted by Gasteiger charge is -2.11. The van der Waals surface area contributed by atoms with Gasteiger partial charge in [0, 0.05) is 22.4 Å². The molecule has 19 heavy (non-hydrogen) atoms. The van der Waals surface area contributed by atoms with Gasteiger partial charge in [-0.3, -0.25) is 4.68 Å². The quantitative estimate of drug-likeness (QED) is 0.691. The van der Waals surface area contributed by atoms with Gasteiger partial charge in [-0.1, -0.05) is 43.5 Å². The Balaban J connectivity index is 2.19. The molecule has 0 atom stereocenters. The van der Waals surface area contributed by atoms with Gasteiger partial charge in [-0.15, -0.1) is 0 Å². The Kier molecular flexibility index (Phi) is 4.92. The summed E-state index contributed by atoms with van der Waals surface area (Å²) in [7, 11) is 1.87. The van der Waals surface area contributed by atoms with E-state index in [1.54, 1.807) is 4.68 Å². The molecule has 2 rings (SSSR count). The smallest absolute Gasteiger partial charge is 0.131 e. The molecule has 0 saturated heterocycles. The van der Waals surface area contributed by atoms with E-state index in [1.165, 1.54) is 0 Å². The maximum Gasteiger partial charge on any atom is 0.131 e. The van der Waals surface area contributed by atoms with E-state index in [9.17, 15) is 0 Å². The van der Waals surface area contributed by atoms with Crippen LogP contribution in [0.2, 0.25) is 5.02 Å². The Labute approximate surface area is 134 Å². The van der Waals surface area contributed by atoms with Crippen molar-refractivity contribution in [3.05, 3.63) is 44.6 Å². The zero-order valence-electron chi connectivity index (χ0n) is 10.6. The highest BCUT2D eigenvalue weighted by Crippen LogP contribution is 2.27. The zero-order chi connectivity index (χ0) is 14.0. The van der Waals surface area contributed by atoms with Crippen molar-refractivity contribution in [2.24, 2.45) is 7.05 Å². The number of aryl methyl sites for hydroxylation is 2. The first-order valence-electron chi connectivity index (χ1n) is 5.68. The Morgan fingerprint density at radius 2 is 2.16 bits per heavy atom. The van der Waals surface area contributed by atoms with Crippen LogP contribution in [0.25, 0.3) is 0 Å². The van der Waals surface area contributed by atoms with Crippen molar-refractivity contribution in [3.8, 4) is 5.75 Å². The molecule has 6 heteroatoms. The van der Waals surface area contributed by atoms with Crippen LogP contribution in [0.3, 0.4) is 0 Å². The SMILES string of the molecule is Cc1nn(C)c(COc2ccc(Br)cc2CBr)c1Cl. The van der Waals surface area contributed by atoms with Gasteiger partial charge in [-0.05, 0) is 25.1 Å². The molecule has 0 aliphatic rings. The van der Waals surface area contributed by atoms with Crippen molar-refractivity contribution >= 4 is 43.5 Å². The van der Waals surface area contributed by atoms with E-state index in [1.807, 2.05) is 32.2 Å². The van der Waals surface area contributed by atoms with E-state index in [0.717, 1.165) is 32.5 Å². The predicted octanol–water partition coefficient (Wildman–Crippen LogP) is 4.62. The van der Waals surface area contributed by atoms with E-state index in [2.05, 4.69) is 37.0 Å². The fourth-order valence-electron chi connectivity index (χ4n) is 1.78. The molecule has 0 bridgehead atoms. The topological polar surface area (TPSA) is 27.1 Å². The number of ether oxygens (including phenoxy) is 1. The lowest BCUT2D eigenvalue weighted by Crippen LogP contribution is -2.04. The van der Waals surface area contributed by atoms with Crippen LogP contribution in [0.4, 0.5) is 0 Å². The molecule has 0 N–H and O–H groups in total. The summed E-state index contributed by atoms with van der Waals surface area (Å²) < 4.78 is 8.63. The van der Waals surface area contributed by atoms with Crippen LogP contribution < -0.4 is 4.74 Å². The molecule has 1 aromatic heterocycles. The molecule has 102 valence electrons. The van der Waals surface area contributed by atoms with Crippen molar-refractivity contribution in [2.75, 3.05) is 0 Å². The molecule has 0 aliphatic heterocycles. The van der Waals surface area contributed by atoms with Crippen molar-refractivity contribution in [1.29, 1.82) is 0 Å². The van der Waals surface area contributed by atoms with Gasteiger partial charge in [0.15, 0.2) is 0 Å². The number of benzene rings is 1. The largest absolute Gasteiger partial charge is 0.487 e. The predicted molar refractivity (Wildman–Crippen MR) is 84.1 cm³/mol. The first-order chi connectivity index (χ1) is 9.02. The zero-order valence-corrected chi connectivity index (χ0v) is 14.5. The van der Waals surface area contributed by atoms with Gasteiger partial charge in [0.1, 0.15) is 12.4 Å². The molecule has 0 fully saturated rings. The molecule has 3 nitrogen and oxygen atoms in total. The van der Waals surface area contributed by atoms with Crippen molar-refractivity contribution in [1.82, 2.24) is 9.78 Å². The van der Waals surface area contributed by atoms with E-state index in [0.29, 0.717) is 11.6 Å². The number of rotatable bonds is 4. The van der Waals surface area contributed by atoms with Crippen molar-refractivity contribution in [2.45, 2.75) is 18.9 Å². The summed E-state index contributed by atoms with van der Waals surface area (Å²) in [4.78, 5) is 0. The first-order valence-corrected chi connectivity index (χ1v) is 7.97. The highest BCUT2D eigenvalue weighted by atomic mass is 79.9. The van der Waals surface area contributed by atoms with Gasteiger partial charge in [0.05, 0.1) is 16.4 Å². The Hall–Kier alpha value is -0.520. The number of hydrogen-bond acceptors (Lipinski definition) is 2. The molecule has 1 heterocycles. The third-order valence-corrected chi connectivity index (χ3v) is 4.38. The summed E-state index contributed by atoms with van der Waals surface area (Å²) >= 11 is 13.1. The van der Waals surface area contributed by atoms with Crippen LogP contribution in [0, 0.1) is 6.92 Å². The van der Waals surface area contributed by atoms with Gasteiger partial charge in [0.2, 0.25) is 0 Å². The van der Waals surface area contributed by atoms with Crippen molar-refractivity contribution in [3.63, 3.8) is 0 Å². The van der Waals surface area contributed by atoms with Crippen LogP contribution in [0.15, 0.2) is 22.7 Å². The third kappa shape index (κ3) is 3.33. The maximum atomic E-state index is 6.20. The third-order valence-electron chi connectivity index (χ3n) is 2.79. The second-order valence-electron chi connectivity index (χ2n) is 4.14. The lowest BCUT2D eigenvalue weighted by molar-refractivity contribution is 0.293. The minimum atomic E-state index is 0.401. The van der Waals surface area contributed by atoms with Gasteiger partial charge in [0.25, 0.3) is 0 Å². The summed E-state index contributed by atoms with van der Waals surface area (Å²) in [5.41, 5.74) is 2.78. The summed E-state index contributed by atoms with van der Waals surface area (Å²) in [6, 6.07) is 5.93. The van der Waals surface area contributed by atoms with Crippen LogP contribution >= 0.6 is 43.5 Å². The summed E-state index contributed by atoms with van der Waals surface area (Å²) in [5.74, 6) is 0.843. The molecule has 0 unspecified atom stereocenters. The summed E-state index contributed by atoms with van der Waals surface area (Å²) in [5, 5.41) is 5.67. The van der Waals surface area contributed by atoms with E-state index in [-0.39, 0.29) is 0 Å².